The molecule has 0 spiro atoms. The number of carbonyl (C=O) groups is 3. The average molecular weight is 381 g/mol. The van der Waals surface area contributed by atoms with Gasteiger partial charge in [-0.25, -0.2) is 0 Å². The number of carbonyl (C=O) groups excluding carboxylic acids is 3. The van der Waals surface area contributed by atoms with Crippen LogP contribution in [0.3, 0.4) is 0 Å². The molecule has 9 nitrogen and oxygen atoms in total. The first kappa shape index (κ1) is 21.6. The number of hydrogen-bond acceptors (Lipinski definition) is 6. The van der Waals surface area contributed by atoms with Crippen molar-refractivity contribution >= 4 is 18.2 Å². The fourth-order valence-electron chi connectivity index (χ4n) is 1.97. The molecule has 1 aliphatic heterocycles. The number of aliphatic hydroxyl groups is 2. The largest absolute Gasteiger partial charge is 0.471 e. The summed E-state index contributed by atoms with van der Waals surface area (Å²) in [5, 5.41) is 24.6. The summed E-state index contributed by atoms with van der Waals surface area (Å²) >= 11 is 0. The van der Waals surface area contributed by atoms with E-state index < -0.39 is 49.6 Å². The van der Waals surface area contributed by atoms with Crippen LogP contribution < -0.4 is 16.0 Å². The van der Waals surface area contributed by atoms with Crippen molar-refractivity contribution in [3.63, 3.8) is 0 Å². The Bertz CT molecular complexity index is 579. The molecule has 146 valence electrons. The van der Waals surface area contributed by atoms with Crippen molar-refractivity contribution in [2.75, 3.05) is 13.2 Å². The normalized spacial score (nSPS) is 23.7. The van der Waals surface area contributed by atoms with E-state index in [-0.39, 0.29) is 18.4 Å². The Labute approximate surface area is 145 Å². The highest BCUT2D eigenvalue weighted by Crippen LogP contribution is 2.18. The molecule has 0 radical (unpaired) electrons. The molecule has 12 heteroatoms. The lowest BCUT2D eigenvalue weighted by Crippen LogP contribution is -2.37. The zero-order chi connectivity index (χ0) is 19.7. The lowest BCUT2D eigenvalue weighted by Gasteiger charge is -2.14. The van der Waals surface area contributed by atoms with Gasteiger partial charge in [-0.05, 0) is 0 Å². The van der Waals surface area contributed by atoms with E-state index in [2.05, 4.69) is 10.6 Å². The van der Waals surface area contributed by atoms with Crippen molar-refractivity contribution < 1.29 is 42.5 Å². The number of rotatable bonds is 8. The highest BCUT2D eigenvalue weighted by molar-refractivity contribution is 5.96. The standard InChI is InChI=1S/C14H18F3N3O6/c15-14(16,17)13(25)19-3-1-2-8(5-18-7-22)12(24)20-11-4-9(23)10(6-21)26-11/h1-2,5,7,9-11,21,23H,3-4,6H2,(H,18,22)(H,19,25)(H,20,24)/b2-1+,8-5-. The Hall–Kier alpha value is -2.44. The van der Waals surface area contributed by atoms with Crippen LogP contribution in [-0.2, 0) is 19.1 Å². The lowest BCUT2D eigenvalue weighted by atomic mass is 10.2. The van der Waals surface area contributed by atoms with Gasteiger partial charge in [-0.3, -0.25) is 14.4 Å². The second-order valence-electron chi connectivity index (χ2n) is 5.12. The van der Waals surface area contributed by atoms with E-state index in [0.717, 1.165) is 18.4 Å². The Morgan fingerprint density at radius 3 is 2.54 bits per heavy atom. The summed E-state index contributed by atoms with van der Waals surface area (Å²) < 4.78 is 41.3. The summed E-state index contributed by atoms with van der Waals surface area (Å²) in [6, 6.07) is 0. The zero-order valence-corrected chi connectivity index (χ0v) is 13.3. The van der Waals surface area contributed by atoms with Gasteiger partial charge in [-0.2, -0.15) is 13.2 Å². The second kappa shape index (κ2) is 9.89. The summed E-state index contributed by atoms with van der Waals surface area (Å²) in [5.41, 5.74) is -0.149. The lowest BCUT2D eigenvalue weighted by molar-refractivity contribution is -0.173. The maximum Gasteiger partial charge on any atom is 0.471 e. The fraction of sp³-hybridized carbons (Fsp3) is 0.500. The molecule has 3 amide bonds. The maximum absolute atomic E-state index is 12.1. The predicted octanol–water partition coefficient (Wildman–Crippen LogP) is -1.56. The van der Waals surface area contributed by atoms with Crippen molar-refractivity contribution in [1.82, 2.24) is 16.0 Å². The monoisotopic (exact) mass is 381 g/mol. The van der Waals surface area contributed by atoms with Gasteiger partial charge >= 0.3 is 12.1 Å². The number of aliphatic hydroxyl groups excluding tert-OH is 2. The van der Waals surface area contributed by atoms with Gasteiger partial charge in [0.2, 0.25) is 6.41 Å². The van der Waals surface area contributed by atoms with Crippen LogP contribution in [0.25, 0.3) is 0 Å². The van der Waals surface area contributed by atoms with Crippen LogP contribution in [0, 0.1) is 0 Å². The Kier molecular flexibility index (Phi) is 8.22. The average Bonchev–Trinajstić information content (AvgIpc) is 2.92. The first-order valence-electron chi connectivity index (χ1n) is 7.35. The van der Waals surface area contributed by atoms with Crippen molar-refractivity contribution in [3.05, 3.63) is 23.9 Å². The van der Waals surface area contributed by atoms with E-state index in [1.54, 1.807) is 5.32 Å². The van der Waals surface area contributed by atoms with Gasteiger partial charge in [0.1, 0.15) is 12.3 Å². The van der Waals surface area contributed by atoms with Crippen LogP contribution >= 0.6 is 0 Å². The Morgan fingerprint density at radius 2 is 2.00 bits per heavy atom. The van der Waals surface area contributed by atoms with E-state index in [0.29, 0.717) is 0 Å². The number of ether oxygens (including phenoxy) is 1. The number of amides is 3. The number of alkyl halides is 3. The molecule has 1 fully saturated rings. The molecular formula is C14H18F3N3O6. The van der Waals surface area contributed by atoms with Crippen LogP contribution in [0.15, 0.2) is 23.9 Å². The molecule has 1 aliphatic rings. The van der Waals surface area contributed by atoms with Gasteiger partial charge in [0.25, 0.3) is 5.91 Å². The minimum absolute atomic E-state index is 0.0245. The number of halogens is 3. The maximum atomic E-state index is 12.1. The van der Waals surface area contributed by atoms with Crippen molar-refractivity contribution in [3.8, 4) is 0 Å². The first-order chi connectivity index (χ1) is 12.2. The van der Waals surface area contributed by atoms with E-state index in [1.165, 1.54) is 0 Å². The molecule has 1 rings (SSSR count). The van der Waals surface area contributed by atoms with E-state index in [1.807, 2.05) is 0 Å². The molecule has 5 N–H and O–H groups in total. The van der Waals surface area contributed by atoms with Gasteiger partial charge in [0.15, 0.2) is 0 Å². The van der Waals surface area contributed by atoms with Crippen LogP contribution in [0.1, 0.15) is 6.42 Å². The SMILES string of the molecule is O=CN/C=C(/C=C/CNC(=O)C(F)(F)F)C(=O)NC1CC(O)C(CO)O1. The summed E-state index contributed by atoms with van der Waals surface area (Å²) in [6.07, 6.45) is -4.31. The summed E-state index contributed by atoms with van der Waals surface area (Å²) in [5.74, 6) is -2.89. The molecule has 0 aliphatic carbocycles. The number of hydrogen-bond donors (Lipinski definition) is 5. The third kappa shape index (κ3) is 6.82. The Balaban J connectivity index is 2.63. The topological polar surface area (TPSA) is 137 Å². The molecule has 3 unspecified atom stereocenters. The molecule has 0 aromatic carbocycles. The van der Waals surface area contributed by atoms with E-state index in [4.69, 9.17) is 9.84 Å². The third-order valence-electron chi connectivity index (χ3n) is 3.20. The highest BCUT2D eigenvalue weighted by Gasteiger charge is 2.38. The molecule has 1 saturated heterocycles. The van der Waals surface area contributed by atoms with Gasteiger partial charge in [0.05, 0.1) is 18.3 Å². The van der Waals surface area contributed by atoms with Crippen LogP contribution in [-0.4, -0.2) is 66.2 Å². The van der Waals surface area contributed by atoms with Gasteiger partial charge in [0, 0.05) is 19.2 Å². The van der Waals surface area contributed by atoms with E-state index in [9.17, 15) is 32.7 Å². The minimum Gasteiger partial charge on any atom is -0.394 e. The molecule has 0 saturated carbocycles. The van der Waals surface area contributed by atoms with Gasteiger partial charge < -0.3 is 30.9 Å². The summed E-state index contributed by atoms with van der Waals surface area (Å²) in [7, 11) is 0. The van der Waals surface area contributed by atoms with Gasteiger partial charge in [-0.1, -0.05) is 12.2 Å². The molecule has 26 heavy (non-hydrogen) atoms. The zero-order valence-electron chi connectivity index (χ0n) is 13.3. The smallest absolute Gasteiger partial charge is 0.394 e. The van der Waals surface area contributed by atoms with E-state index >= 15 is 0 Å². The molecule has 0 bridgehead atoms. The Morgan fingerprint density at radius 1 is 1.31 bits per heavy atom. The molecule has 0 aromatic rings. The molecule has 3 atom stereocenters. The quantitative estimate of drug-likeness (QED) is 0.196. The van der Waals surface area contributed by atoms with Crippen LogP contribution in [0.2, 0.25) is 0 Å². The predicted molar refractivity (Wildman–Crippen MR) is 80.0 cm³/mol. The highest BCUT2D eigenvalue weighted by atomic mass is 19.4. The third-order valence-corrected chi connectivity index (χ3v) is 3.20. The van der Waals surface area contributed by atoms with Crippen LogP contribution in [0.4, 0.5) is 13.2 Å². The molecule has 1 heterocycles. The van der Waals surface area contributed by atoms with Crippen molar-refractivity contribution in [2.45, 2.75) is 31.0 Å². The van der Waals surface area contributed by atoms with Crippen molar-refractivity contribution in [1.29, 1.82) is 0 Å². The second-order valence-corrected chi connectivity index (χ2v) is 5.12. The molecule has 0 aromatic heterocycles. The minimum atomic E-state index is -5.02. The fourth-order valence-corrected chi connectivity index (χ4v) is 1.97. The summed E-state index contributed by atoms with van der Waals surface area (Å²) in [6.45, 7) is -0.947. The molecular weight excluding hydrogens is 363 g/mol. The van der Waals surface area contributed by atoms with Crippen molar-refractivity contribution in [2.24, 2.45) is 0 Å². The summed E-state index contributed by atoms with van der Waals surface area (Å²) in [4.78, 5) is 33.1. The van der Waals surface area contributed by atoms with Crippen LogP contribution in [0.5, 0.6) is 0 Å². The first-order valence-corrected chi connectivity index (χ1v) is 7.35. The van der Waals surface area contributed by atoms with Gasteiger partial charge in [-0.15, -0.1) is 0 Å². The number of nitrogens with one attached hydrogen (secondary N) is 3.